The molecule has 110 valence electrons. The lowest BCUT2D eigenvalue weighted by molar-refractivity contribution is -0.115. The normalized spacial score (nSPS) is 15.5. The minimum atomic E-state index is -0.834. The summed E-state index contributed by atoms with van der Waals surface area (Å²) >= 11 is 1.48. The summed E-state index contributed by atoms with van der Waals surface area (Å²) in [6.07, 6.45) is 0.437. The third kappa shape index (κ3) is 2.47. The zero-order valence-electron chi connectivity index (χ0n) is 11.6. The van der Waals surface area contributed by atoms with Crippen molar-refractivity contribution in [2.75, 3.05) is 10.0 Å². The third-order valence-electron chi connectivity index (χ3n) is 3.80. The van der Waals surface area contributed by atoms with Gasteiger partial charge in [0.2, 0.25) is 5.91 Å². The van der Waals surface area contributed by atoms with E-state index in [4.69, 9.17) is 4.65 Å². The molecule has 2 aliphatic heterocycles. The van der Waals surface area contributed by atoms with Gasteiger partial charge in [0.15, 0.2) is 0 Å². The second-order valence-electron chi connectivity index (χ2n) is 5.32. The topological polar surface area (TPSA) is 70.6 Å². The Labute approximate surface area is 132 Å². The number of hydrogen-bond acceptors (Lipinski definition) is 5. The Hall–Kier alpha value is -1.96. The summed E-state index contributed by atoms with van der Waals surface area (Å²) in [7, 11) is -0.834. The molecule has 5 nitrogen and oxygen atoms in total. The summed E-state index contributed by atoms with van der Waals surface area (Å²) in [5.74, 6) is 0.0396. The molecule has 0 saturated heterocycles. The third-order valence-corrected chi connectivity index (χ3v) is 4.62. The number of nitrogens with one attached hydrogen (secondary N) is 2. The van der Waals surface area contributed by atoms with Crippen LogP contribution in [0.5, 0.6) is 0 Å². The second kappa shape index (κ2) is 5.35. The van der Waals surface area contributed by atoms with Crippen molar-refractivity contribution in [1.29, 1.82) is 0 Å². The Morgan fingerprint density at radius 2 is 2.14 bits per heavy atom. The zero-order valence-corrected chi connectivity index (χ0v) is 12.4. The van der Waals surface area contributed by atoms with Crippen LogP contribution in [0.2, 0.25) is 0 Å². The number of hydrogen-bond donors (Lipinski definition) is 3. The second-order valence-corrected chi connectivity index (χ2v) is 6.20. The highest BCUT2D eigenvalue weighted by atomic mass is 32.2. The number of anilines is 2. The average molecular weight is 312 g/mol. The van der Waals surface area contributed by atoms with Gasteiger partial charge < -0.3 is 19.7 Å². The van der Waals surface area contributed by atoms with E-state index in [1.54, 1.807) is 0 Å². The van der Waals surface area contributed by atoms with Crippen LogP contribution >= 0.6 is 11.9 Å². The highest BCUT2D eigenvalue weighted by Gasteiger charge is 2.27. The molecule has 0 spiro atoms. The van der Waals surface area contributed by atoms with Crippen molar-refractivity contribution in [3.05, 3.63) is 47.5 Å². The monoisotopic (exact) mass is 312 g/mol. The van der Waals surface area contributed by atoms with E-state index in [1.165, 1.54) is 11.9 Å². The highest BCUT2D eigenvalue weighted by Crippen LogP contribution is 2.29. The average Bonchev–Trinajstić information content (AvgIpc) is 3.07. The maximum absolute atomic E-state index is 11.4. The molecular formula is C15H13BN2O3S. The lowest BCUT2D eigenvalue weighted by atomic mass is 9.79. The minimum absolute atomic E-state index is 0.0396. The van der Waals surface area contributed by atoms with Gasteiger partial charge in [-0.25, -0.2) is 0 Å². The summed E-state index contributed by atoms with van der Waals surface area (Å²) in [5.41, 5.74) is 4.66. The van der Waals surface area contributed by atoms with Crippen molar-refractivity contribution in [2.45, 2.75) is 17.9 Å². The van der Waals surface area contributed by atoms with Crippen LogP contribution in [-0.4, -0.2) is 18.0 Å². The van der Waals surface area contributed by atoms with Gasteiger partial charge in [-0.15, -0.1) is 0 Å². The van der Waals surface area contributed by atoms with Gasteiger partial charge in [-0.2, -0.15) is 0 Å². The van der Waals surface area contributed by atoms with Gasteiger partial charge in [0.1, 0.15) is 0 Å². The molecule has 0 radical (unpaired) electrons. The maximum atomic E-state index is 11.4. The molecule has 4 rings (SSSR count). The first-order chi connectivity index (χ1) is 10.7. The molecule has 0 bridgehead atoms. The van der Waals surface area contributed by atoms with Crippen LogP contribution in [0.4, 0.5) is 11.4 Å². The van der Waals surface area contributed by atoms with Crippen LogP contribution in [0.25, 0.3) is 0 Å². The first-order valence-electron chi connectivity index (χ1n) is 6.97. The Kier molecular flexibility index (Phi) is 3.33. The molecule has 7 heteroatoms. The van der Waals surface area contributed by atoms with Gasteiger partial charge >= 0.3 is 7.12 Å². The number of benzene rings is 2. The fraction of sp³-hybridized carbons (Fsp3) is 0.133. The van der Waals surface area contributed by atoms with Crippen LogP contribution in [-0.2, 0) is 22.5 Å². The Morgan fingerprint density at radius 1 is 1.23 bits per heavy atom. The molecule has 2 aliphatic rings. The smallest absolute Gasteiger partial charge is 0.423 e. The quantitative estimate of drug-likeness (QED) is 0.592. The van der Waals surface area contributed by atoms with Crippen molar-refractivity contribution in [3.8, 4) is 0 Å². The van der Waals surface area contributed by atoms with Gasteiger partial charge in [-0.1, -0.05) is 6.07 Å². The van der Waals surface area contributed by atoms with Gasteiger partial charge in [-0.05, 0) is 58.9 Å². The Morgan fingerprint density at radius 3 is 3.05 bits per heavy atom. The molecule has 2 aromatic rings. The van der Waals surface area contributed by atoms with Crippen molar-refractivity contribution < 1.29 is 14.5 Å². The molecule has 0 atom stereocenters. The van der Waals surface area contributed by atoms with E-state index in [2.05, 4.69) is 10.0 Å². The summed E-state index contributed by atoms with van der Waals surface area (Å²) in [4.78, 5) is 12.4. The van der Waals surface area contributed by atoms with Crippen LogP contribution < -0.4 is 15.5 Å². The molecule has 1 amide bonds. The molecule has 0 unspecified atom stereocenters. The minimum Gasteiger partial charge on any atom is -0.423 e. The molecular weight excluding hydrogens is 299 g/mol. The van der Waals surface area contributed by atoms with Crippen LogP contribution in [0.3, 0.4) is 0 Å². The summed E-state index contributed by atoms with van der Waals surface area (Å²) in [5, 5.41) is 12.5. The molecule has 0 fully saturated rings. The van der Waals surface area contributed by atoms with E-state index < -0.39 is 7.12 Å². The lowest BCUT2D eigenvalue weighted by Crippen LogP contribution is -2.28. The number of rotatable bonds is 3. The number of amides is 1. The summed E-state index contributed by atoms with van der Waals surface area (Å²) in [6, 6.07) is 11.7. The number of fused-ring (bicyclic) bond motifs is 2. The van der Waals surface area contributed by atoms with Crippen LogP contribution in [0.1, 0.15) is 11.1 Å². The lowest BCUT2D eigenvalue weighted by Gasteiger charge is -2.08. The first-order valence-corrected chi connectivity index (χ1v) is 7.79. The Balaban J connectivity index is 1.48. The first kappa shape index (κ1) is 13.7. The zero-order chi connectivity index (χ0) is 15.1. The largest absolute Gasteiger partial charge is 0.491 e. The van der Waals surface area contributed by atoms with E-state index in [9.17, 15) is 9.82 Å². The van der Waals surface area contributed by atoms with Gasteiger partial charge in [0.25, 0.3) is 0 Å². The molecule has 2 heterocycles. The van der Waals surface area contributed by atoms with Gasteiger partial charge in [-0.3, -0.25) is 4.79 Å². The van der Waals surface area contributed by atoms with E-state index >= 15 is 0 Å². The van der Waals surface area contributed by atoms with Gasteiger partial charge in [0.05, 0.1) is 13.0 Å². The van der Waals surface area contributed by atoms with E-state index in [1.807, 2.05) is 36.4 Å². The van der Waals surface area contributed by atoms with Crippen molar-refractivity contribution in [1.82, 2.24) is 0 Å². The molecule has 0 saturated carbocycles. The van der Waals surface area contributed by atoms with Crippen LogP contribution in [0, 0.1) is 0 Å². The standard InChI is InChI=1S/C15H13BN2O3S/c19-15-6-10-5-12(3-4-14(10)17-15)22-18-11-2-1-9-8-21-16(20)13(9)7-11/h1-5,7,18,20H,6,8H2,(H,17,19). The fourth-order valence-electron chi connectivity index (χ4n) is 2.67. The SMILES string of the molecule is O=C1Cc2cc(SNc3ccc4c(c3)B(O)OC4)ccc2N1. The fourth-order valence-corrected chi connectivity index (χ4v) is 3.37. The van der Waals surface area contributed by atoms with E-state index in [0.29, 0.717) is 13.0 Å². The van der Waals surface area contributed by atoms with Gasteiger partial charge in [0, 0.05) is 16.3 Å². The highest BCUT2D eigenvalue weighted by molar-refractivity contribution is 8.00. The summed E-state index contributed by atoms with van der Waals surface area (Å²) in [6.45, 7) is 0.454. The van der Waals surface area contributed by atoms with Crippen LogP contribution in [0.15, 0.2) is 41.3 Å². The molecule has 0 aliphatic carbocycles. The molecule has 3 N–H and O–H groups in total. The predicted molar refractivity (Wildman–Crippen MR) is 87.1 cm³/mol. The van der Waals surface area contributed by atoms with E-state index in [-0.39, 0.29) is 5.91 Å². The van der Waals surface area contributed by atoms with Crippen molar-refractivity contribution in [3.63, 3.8) is 0 Å². The summed E-state index contributed by atoms with van der Waals surface area (Å²) < 4.78 is 8.44. The molecule has 2 aromatic carbocycles. The maximum Gasteiger partial charge on any atom is 0.491 e. The number of carbonyl (C=O) groups excluding carboxylic acids is 1. The van der Waals surface area contributed by atoms with E-state index in [0.717, 1.165) is 32.9 Å². The molecule has 22 heavy (non-hydrogen) atoms. The Bertz CT molecular complexity index is 768. The number of carbonyl (C=O) groups is 1. The van der Waals surface area contributed by atoms with Crippen molar-refractivity contribution in [2.24, 2.45) is 0 Å². The molecule has 0 aromatic heterocycles. The van der Waals surface area contributed by atoms with Crippen molar-refractivity contribution >= 4 is 41.8 Å². The predicted octanol–water partition coefficient (Wildman–Crippen LogP) is 1.52.